The number of hydrogen-bond acceptors (Lipinski definition) is 8. The molecule has 0 bridgehead atoms. The minimum absolute atomic E-state index is 0.0874. The number of rotatable bonds is 4. The lowest BCUT2D eigenvalue weighted by Gasteiger charge is -2.15. The molecule has 1 aliphatic heterocycles. The molecule has 132 valence electrons. The van der Waals surface area contributed by atoms with Crippen LogP contribution in [0.5, 0.6) is 17.2 Å². The number of methoxy groups -OCH3 is 3. The van der Waals surface area contributed by atoms with Crippen molar-refractivity contribution in [3.8, 4) is 17.2 Å². The predicted molar refractivity (Wildman–Crippen MR) is 96.2 cm³/mol. The number of hydrogen-bond donors (Lipinski definition) is 1. The number of nitrogens with zero attached hydrogens (tertiary/aromatic N) is 3. The third-order valence-corrected chi connectivity index (χ3v) is 4.48. The predicted octanol–water partition coefficient (Wildman–Crippen LogP) is 2.28. The van der Waals surface area contributed by atoms with Crippen molar-refractivity contribution >= 4 is 36.3 Å². The van der Waals surface area contributed by atoms with E-state index in [1.165, 1.54) is 25.9 Å². The van der Waals surface area contributed by atoms with Crippen LogP contribution in [0, 0.1) is 9.54 Å². The van der Waals surface area contributed by atoms with Gasteiger partial charge in [-0.2, -0.15) is 4.98 Å². The second-order valence-electron chi connectivity index (χ2n) is 5.13. The zero-order valence-electron chi connectivity index (χ0n) is 13.9. The van der Waals surface area contributed by atoms with E-state index < -0.39 is 5.91 Å². The molecule has 8 nitrogen and oxygen atoms in total. The van der Waals surface area contributed by atoms with E-state index in [-0.39, 0.29) is 4.77 Å². The summed E-state index contributed by atoms with van der Waals surface area (Å²) in [5.74, 6) is 1.29. The van der Waals surface area contributed by atoms with Gasteiger partial charge in [-0.15, -0.1) is 0 Å². The first-order valence-corrected chi connectivity index (χ1v) is 8.16. The lowest BCUT2D eigenvalue weighted by Crippen LogP contribution is -2.20. The van der Waals surface area contributed by atoms with Gasteiger partial charge in [-0.1, -0.05) is 0 Å². The summed E-state index contributed by atoms with van der Waals surface area (Å²) in [5.41, 5.74) is 0.296. The quantitative estimate of drug-likeness (QED) is 0.810. The standard InChI is InChI=1S/C15H16N4O4S2/c1-21-9-6-8(7-10(22-2)11(9)23-3)12(20)19-14(24)17-13-16-4-5-18(13)15(19)25/h6-7H,4-5H2,1-3H3,(H,16,17,24). The van der Waals surface area contributed by atoms with E-state index in [1.807, 2.05) is 0 Å². The highest BCUT2D eigenvalue weighted by atomic mass is 32.1. The minimum Gasteiger partial charge on any atom is -0.493 e. The largest absolute Gasteiger partial charge is 0.493 e. The van der Waals surface area contributed by atoms with Crippen molar-refractivity contribution in [3.63, 3.8) is 0 Å². The summed E-state index contributed by atoms with van der Waals surface area (Å²) in [7, 11) is 4.45. The van der Waals surface area contributed by atoms with E-state index in [2.05, 4.69) is 10.3 Å². The molecule has 0 spiro atoms. The van der Waals surface area contributed by atoms with E-state index in [4.69, 9.17) is 38.6 Å². The third-order valence-electron chi connectivity index (χ3n) is 3.80. The molecule has 3 rings (SSSR count). The first-order valence-electron chi connectivity index (χ1n) is 7.34. The molecule has 0 aliphatic carbocycles. The first-order chi connectivity index (χ1) is 12.0. The smallest absolute Gasteiger partial charge is 0.266 e. The molecule has 0 atom stereocenters. The Labute approximate surface area is 154 Å². The number of carbonyl (C=O) groups excluding carboxylic acids is 1. The van der Waals surface area contributed by atoms with Crippen molar-refractivity contribution in [2.75, 3.05) is 33.2 Å². The fourth-order valence-corrected chi connectivity index (χ4v) is 3.28. The Morgan fingerprint density at radius 2 is 1.80 bits per heavy atom. The fraction of sp³-hybridized carbons (Fsp3) is 0.333. The monoisotopic (exact) mass is 380 g/mol. The van der Waals surface area contributed by atoms with Gasteiger partial charge in [-0.05, 0) is 36.6 Å². The van der Waals surface area contributed by atoms with Crippen LogP contribution in [-0.2, 0) is 6.54 Å². The maximum Gasteiger partial charge on any atom is 0.266 e. The average Bonchev–Trinajstić information content (AvgIpc) is 3.08. The number of aromatic nitrogens is 3. The maximum absolute atomic E-state index is 13.0. The fourth-order valence-electron chi connectivity index (χ4n) is 2.62. The van der Waals surface area contributed by atoms with Crippen molar-refractivity contribution in [1.29, 1.82) is 0 Å². The Hall–Kier alpha value is -2.46. The van der Waals surface area contributed by atoms with Crippen LogP contribution in [0.3, 0.4) is 0 Å². The molecular weight excluding hydrogens is 364 g/mol. The molecule has 1 aromatic heterocycles. The van der Waals surface area contributed by atoms with E-state index in [0.29, 0.717) is 46.6 Å². The molecule has 1 aliphatic rings. The Balaban J connectivity index is 2.17. The van der Waals surface area contributed by atoms with Gasteiger partial charge in [0.05, 0.1) is 21.3 Å². The Kier molecular flexibility index (Phi) is 4.73. The van der Waals surface area contributed by atoms with Gasteiger partial charge in [0, 0.05) is 18.7 Å². The molecule has 2 aromatic rings. The van der Waals surface area contributed by atoms with Gasteiger partial charge in [-0.3, -0.25) is 9.36 Å². The second kappa shape index (κ2) is 6.81. The van der Waals surface area contributed by atoms with Crippen LogP contribution in [0.25, 0.3) is 0 Å². The van der Waals surface area contributed by atoms with Gasteiger partial charge in [0.1, 0.15) is 0 Å². The highest BCUT2D eigenvalue weighted by Gasteiger charge is 2.22. The molecular formula is C15H16N4O4S2. The second-order valence-corrected chi connectivity index (χ2v) is 5.86. The Bertz CT molecular complexity index is 942. The van der Waals surface area contributed by atoms with Crippen LogP contribution < -0.4 is 19.5 Å². The SMILES string of the molecule is COc1cc(C(=O)n2c(=S)nc3n(c2=S)CCN3)cc(OC)c1OC. The van der Waals surface area contributed by atoms with E-state index >= 15 is 0 Å². The van der Waals surface area contributed by atoms with E-state index in [9.17, 15) is 4.79 Å². The lowest BCUT2D eigenvalue weighted by molar-refractivity contribution is 0.0951. The average molecular weight is 380 g/mol. The van der Waals surface area contributed by atoms with Crippen molar-refractivity contribution in [2.24, 2.45) is 0 Å². The molecule has 1 aromatic carbocycles. The number of carbonyl (C=O) groups is 1. The summed E-state index contributed by atoms with van der Waals surface area (Å²) in [6.45, 7) is 1.31. The zero-order chi connectivity index (χ0) is 18.1. The Morgan fingerprint density at radius 1 is 1.16 bits per heavy atom. The zero-order valence-corrected chi connectivity index (χ0v) is 15.5. The van der Waals surface area contributed by atoms with Crippen molar-refractivity contribution in [3.05, 3.63) is 27.2 Å². The molecule has 2 heterocycles. The van der Waals surface area contributed by atoms with Gasteiger partial charge < -0.3 is 19.5 Å². The van der Waals surface area contributed by atoms with Crippen LogP contribution in [0.15, 0.2) is 12.1 Å². The molecule has 1 N–H and O–H groups in total. The Morgan fingerprint density at radius 3 is 2.36 bits per heavy atom. The molecule has 0 fully saturated rings. The van der Waals surface area contributed by atoms with Crippen LogP contribution in [0.1, 0.15) is 10.4 Å². The number of fused-ring (bicyclic) bond motifs is 1. The number of anilines is 1. The van der Waals surface area contributed by atoms with E-state index in [0.717, 1.165) is 0 Å². The van der Waals surface area contributed by atoms with Gasteiger partial charge in [0.15, 0.2) is 16.3 Å². The van der Waals surface area contributed by atoms with Gasteiger partial charge in [-0.25, -0.2) is 4.57 Å². The first kappa shape index (κ1) is 17.4. The highest BCUT2D eigenvalue weighted by Crippen LogP contribution is 2.38. The molecule has 0 amide bonds. The number of nitrogens with one attached hydrogen (secondary N) is 1. The molecule has 0 radical (unpaired) electrons. The van der Waals surface area contributed by atoms with Crippen molar-refractivity contribution in [2.45, 2.75) is 6.54 Å². The summed E-state index contributed by atoms with van der Waals surface area (Å²) >= 11 is 10.7. The molecule has 0 saturated carbocycles. The summed E-state index contributed by atoms with van der Waals surface area (Å²) in [5, 5.41) is 3.08. The van der Waals surface area contributed by atoms with Gasteiger partial charge in [0.25, 0.3) is 5.91 Å². The topological polar surface area (TPSA) is 79.5 Å². The summed E-state index contributed by atoms with van der Waals surface area (Å²) in [6.07, 6.45) is 0. The third kappa shape index (κ3) is 2.87. The van der Waals surface area contributed by atoms with Crippen LogP contribution in [-0.4, -0.2) is 47.9 Å². The van der Waals surface area contributed by atoms with Crippen LogP contribution >= 0.6 is 24.4 Å². The maximum atomic E-state index is 13.0. The molecule has 0 unspecified atom stereocenters. The molecule has 0 saturated heterocycles. The van der Waals surface area contributed by atoms with Crippen LogP contribution in [0.2, 0.25) is 0 Å². The molecule has 25 heavy (non-hydrogen) atoms. The minimum atomic E-state index is -0.413. The van der Waals surface area contributed by atoms with E-state index in [1.54, 1.807) is 16.7 Å². The molecule has 10 heteroatoms. The lowest BCUT2D eigenvalue weighted by atomic mass is 10.1. The highest BCUT2D eigenvalue weighted by molar-refractivity contribution is 7.72. The summed E-state index contributed by atoms with van der Waals surface area (Å²) < 4.78 is 19.2. The summed E-state index contributed by atoms with van der Waals surface area (Å²) in [4.78, 5) is 17.3. The van der Waals surface area contributed by atoms with Crippen LogP contribution in [0.4, 0.5) is 5.95 Å². The number of ether oxygens (including phenoxy) is 3. The normalized spacial score (nSPS) is 12.3. The number of benzene rings is 1. The van der Waals surface area contributed by atoms with Crippen molar-refractivity contribution < 1.29 is 19.0 Å². The van der Waals surface area contributed by atoms with Crippen molar-refractivity contribution in [1.82, 2.24) is 14.1 Å². The van der Waals surface area contributed by atoms with Gasteiger partial charge >= 0.3 is 0 Å². The van der Waals surface area contributed by atoms with Gasteiger partial charge in [0.2, 0.25) is 16.5 Å². The summed E-state index contributed by atoms with van der Waals surface area (Å²) in [6, 6.07) is 3.10.